The van der Waals surface area contributed by atoms with Crippen LogP contribution in [0.15, 0.2) is 42.6 Å². The predicted octanol–water partition coefficient (Wildman–Crippen LogP) is 4.04. The van der Waals surface area contributed by atoms with Crippen LogP contribution in [0.1, 0.15) is 26.7 Å². The van der Waals surface area contributed by atoms with Gasteiger partial charge in [0, 0.05) is 18.7 Å². The average molecular weight is 342 g/mol. The van der Waals surface area contributed by atoms with Crippen LogP contribution in [-0.2, 0) is 0 Å². The van der Waals surface area contributed by atoms with Crippen molar-refractivity contribution in [3.8, 4) is 23.1 Å². The molecule has 1 N–H and O–H groups in total. The highest BCUT2D eigenvalue weighted by Crippen LogP contribution is 2.35. The molecule has 0 bridgehead atoms. The first kappa shape index (κ1) is 17.5. The van der Waals surface area contributed by atoms with Crippen LogP contribution in [0.5, 0.6) is 23.1 Å². The van der Waals surface area contributed by atoms with E-state index in [1.165, 1.54) is 12.8 Å². The molecule has 1 fully saturated rings. The van der Waals surface area contributed by atoms with Crippen LogP contribution in [-0.4, -0.2) is 30.8 Å². The van der Waals surface area contributed by atoms with Crippen LogP contribution in [0.4, 0.5) is 0 Å². The van der Waals surface area contributed by atoms with Gasteiger partial charge in [0.1, 0.15) is 0 Å². The van der Waals surface area contributed by atoms with Crippen LogP contribution in [0.3, 0.4) is 0 Å². The molecule has 0 spiro atoms. The van der Waals surface area contributed by atoms with Crippen LogP contribution >= 0.6 is 0 Å². The Morgan fingerprint density at radius 2 is 1.92 bits per heavy atom. The molecule has 0 saturated carbocycles. The highest BCUT2D eigenvalue weighted by Gasteiger charge is 2.16. The van der Waals surface area contributed by atoms with Crippen LogP contribution < -0.4 is 19.5 Å². The molecular formula is C20H26N2O3. The standard InChI is InChI=1S/C20H26N2O3/c1-15(2)24-17-8-3-4-9-18(17)25-20-19(10-6-12-22-20)23-14-16-7-5-11-21-13-16/h3-4,6,8-10,12,15-16,21H,5,7,11,13-14H2,1-2H3. The first-order valence-electron chi connectivity index (χ1n) is 8.94. The zero-order valence-corrected chi connectivity index (χ0v) is 14.9. The number of nitrogens with one attached hydrogen (secondary N) is 1. The number of hydrogen-bond donors (Lipinski definition) is 1. The molecule has 1 aliphatic rings. The van der Waals surface area contributed by atoms with E-state index in [1.807, 2.05) is 50.2 Å². The summed E-state index contributed by atoms with van der Waals surface area (Å²) < 4.78 is 17.8. The molecule has 5 heteroatoms. The Morgan fingerprint density at radius 1 is 1.12 bits per heavy atom. The second kappa shape index (κ2) is 8.72. The fraction of sp³-hybridized carbons (Fsp3) is 0.450. The van der Waals surface area contributed by atoms with Gasteiger partial charge >= 0.3 is 0 Å². The van der Waals surface area contributed by atoms with Crippen LogP contribution in [0.2, 0.25) is 0 Å². The molecular weight excluding hydrogens is 316 g/mol. The van der Waals surface area contributed by atoms with E-state index in [2.05, 4.69) is 10.3 Å². The molecule has 1 atom stereocenters. The molecule has 1 aromatic heterocycles. The third kappa shape index (κ3) is 5.10. The fourth-order valence-corrected chi connectivity index (χ4v) is 2.83. The molecule has 2 aromatic rings. The van der Waals surface area contributed by atoms with Crippen molar-refractivity contribution in [2.75, 3.05) is 19.7 Å². The summed E-state index contributed by atoms with van der Waals surface area (Å²) in [7, 11) is 0. The lowest BCUT2D eigenvalue weighted by Crippen LogP contribution is -2.33. The van der Waals surface area contributed by atoms with E-state index in [4.69, 9.17) is 14.2 Å². The maximum absolute atomic E-state index is 6.00. The van der Waals surface area contributed by atoms with Gasteiger partial charge in [-0.15, -0.1) is 0 Å². The summed E-state index contributed by atoms with van der Waals surface area (Å²) in [5.74, 6) is 2.99. The second-order valence-electron chi connectivity index (χ2n) is 6.55. The predicted molar refractivity (Wildman–Crippen MR) is 97.6 cm³/mol. The highest BCUT2D eigenvalue weighted by molar-refractivity contribution is 5.44. The molecule has 1 saturated heterocycles. The number of pyridine rings is 1. The number of ether oxygens (including phenoxy) is 3. The SMILES string of the molecule is CC(C)Oc1ccccc1Oc1ncccc1OCC1CCCNC1. The van der Waals surface area contributed by atoms with E-state index in [0.29, 0.717) is 35.7 Å². The third-order valence-electron chi connectivity index (χ3n) is 4.03. The normalized spacial score (nSPS) is 17.3. The van der Waals surface area contributed by atoms with Crippen molar-refractivity contribution in [2.45, 2.75) is 32.8 Å². The summed E-state index contributed by atoms with van der Waals surface area (Å²) in [6, 6.07) is 11.4. The van der Waals surface area contributed by atoms with Crippen molar-refractivity contribution in [3.05, 3.63) is 42.6 Å². The minimum atomic E-state index is 0.0722. The van der Waals surface area contributed by atoms with Gasteiger partial charge in [0.2, 0.25) is 0 Å². The van der Waals surface area contributed by atoms with Gasteiger partial charge < -0.3 is 19.5 Å². The first-order chi connectivity index (χ1) is 12.2. The zero-order chi connectivity index (χ0) is 17.5. The van der Waals surface area contributed by atoms with Crippen LogP contribution in [0.25, 0.3) is 0 Å². The fourth-order valence-electron chi connectivity index (χ4n) is 2.83. The van der Waals surface area contributed by atoms with Crippen molar-refractivity contribution < 1.29 is 14.2 Å². The van der Waals surface area contributed by atoms with E-state index in [1.54, 1.807) is 6.20 Å². The van der Waals surface area contributed by atoms with E-state index < -0.39 is 0 Å². The van der Waals surface area contributed by atoms with E-state index in [-0.39, 0.29) is 6.10 Å². The maximum atomic E-state index is 6.00. The molecule has 0 amide bonds. The molecule has 1 unspecified atom stereocenters. The summed E-state index contributed by atoms with van der Waals surface area (Å²) in [6.07, 6.45) is 4.16. The van der Waals surface area contributed by atoms with Gasteiger partial charge in [-0.1, -0.05) is 12.1 Å². The van der Waals surface area contributed by atoms with Gasteiger partial charge in [0.05, 0.1) is 12.7 Å². The Hall–Kier alpha value is -2.27. The van der Waals surface area contributed by atoms with E-state index in [0.717, 1.165) is 13.1 Å². The third-order valence-corrected chi connectivity index (χ3v) is 4.03. The molecule has 1 aliphatic heterocycles. The minimum Gasteiger partial charge on any atom is -0.488 e. The highest BCUT2D eigenvalue weighted by atomic mass is 16.5. The topological polar surface area (TPSA) is 52.6 Å². The Labute approximate surface area is 149 Å². The van der Waals surface area contributed by atoms with Crippen molar-refractivity contribution in [3.63, 3.8) is 0 Å². The number of aromatic nitrogens is 1. The average Bonchev–Trinajstić information content (AvgIpc) is 2.63. The lowest BCUT2D eigenvalue weighted by molar-refractivity contribution is 0.209. The maximum Gasteiger partial charge on any atom is 0.262 e. The Balaban J connectivity index is 1.70. The molecule has 0 aliphatic carbocycles. The summed E-state index contributed by atoms with van der Waals surface area (Å²) in [5.41, 5.74) is 0. The lowest BCUT2D eigenvalue weighted by Gasteiger charge is -2.23. The van der Waals surface area contributed by atoms with Crippen molar-refractivity contribution >= 4 is 0 Å². The number of nitrogens with zero attached hydrogens (tertiary/aromatic N) is 1. The van der Waals surface area contributed by atoms with Gasteiger partial charge in [-0.3, -0.25) is 0 Å². The summed E-state index contributed by atoms with van der Waals surface area (Å²) >= 11 is 0. The molecule has 134 valence electrons. The quantitative estimate of drug-likeness (QED) is 0.823. The number of rotatable bonds is 7. The molecule has 2 heterocycles. The lowest BCUT2D eigenvalue weighted by atomic mass is 10.0. The molecule has 0 radical (unpaired) electrons. The summed E-state index contributed by atoms with van der Waals surface area (Å²) in [5, 5.41) is 3.41. The first-order valence-corrected chi connectivity index (χ1v) is 8.94. The van der Waals surface area contributed by atoms with Gasteiger partial charge in [-0.25, -0.2) is 4.98 Å². The molecule has 3 rings (SSSR count). The van der Waals surface area contributed by atoms with Gasteiger partial charge in [0.15, 0.2) is 17.2 Å². The van der Waals surface area contributed by atoms with Crippen molar-refractivity contribution in [2.24, 2.45) is 5.92 Å². The number of hydrogen-bond acceptors (Lipinski definition) is 5. The number of benzene rings is 1. The summed E-state index contributed by atoms with van der Waals surface area (Å²) in [6.45, 7) is 6.75. The van der Waals surface area contributed by atoms with E-state index >= 15 is 0 Å². The summed E-state index contributed by atoms with van der Waals surface area (Å²) in [4.78, 5) is 4.34. The van der Waals surface area contributed by atoms with Gasteiger partial charge in [-0.05, 0) is 57.5 Å². The second-order valence-corrected chi connectivity index (χ2v) is 6.55. The Bertz CT molecular complexity index is 669. The molecule has 25 heavy (non-hydrogen) atoms. The number of para-hydroxylation sites is 2. The van der Waals surface area contributed by atoms with Gasteiger partial charge in [-0.2, -0.15) is 0 Å². The molecule has 1 aromatic carbocycles. The monoisotopic (exact) mass is 342 g/mol. The largest absolute Gasteiger partial charge is 0.488 e. The Morgan fingerprint density at radius 3 is 2.68 bits per heavy atom. The smallest absolute Gasteiger partial charge is 0.262 e. The van der Waals surface area contributed by atoms with Crippen molar-refractivity contribution in [1.82, 2.24) is 10.3 Å². The zero-order valence-electron chi connectivity index (χ0n) is 14.9. The number of piperidine rings is 1. The minimum absolute atomic E-state index is 0.0722. The van der Waals surface area contributed by atoms with Crippen molar-refractivity contribution in [1.29, 1.82) is 0 Å². The van der Waals surface area contributed by atoms with Gasteiger partial charge in [0.25, 0.3) is 5.88 Å². The Kier molecular flexibility index (Phi) is 6.12. The van der Waals surface area contributed by atoms with E-state index in [9.17, 15) is 0 Å². The van der Waals surface area contributed by atoms with Crippen LogP contribution in [0, 0.1) is 5.92 Å². The molecule has 5 nitrogen and oxygen atoms in total.